The second kappa shape index (κ2) is 54.5. The van der Waals surface area contributed by atoms with Gasteiger partial charge in [0, 0.05) is 12.8 Å². The van der Waals surface area contributed by atoms with Gasteiger partial charge in [-0.1, -0.05) is 296 Å². The fourth-order valence-corrected chi connectivity index (χ4v) is 9.41. The Labute approximate surface area is 400 Å². The average molecular weight is 907 g/mol. The molecule has 2 unspecified atom stereocenters. The van der Waals surface area contributed by atoms with Crippen molar-refractivity contribution in [2.75, 3.05) is 13.2 Å². The smallest absolute Gasteiger partial charge is 0.305 e. The normalized spacial score (nSPS) is 12.5. The highest BCUT2D eigenvalue weighted by Gasteiger charge is 2.20. The Morgan fingerprint density at radius 2 is 0.641 bits per heavy atom. The SMILES string of the molecule is CCCCCCCCCCCCCCCCCCCCCC(=O)OCCCCCCCCCCCCCCCCCCCCC(=O)NC(CO)C(O)CCCCCCCCCCCC. The van der Waals surface area contributed by atoms with Crippen molar-refractivity contribution < 1.29 is 24.5 Å². The van der Waals surface area contributed by atoms with Crippen molar-refractivity contribution in [3.63, 3.8) is 0 Å². The molecule has 0 saturated carbocycles. The van der Waals surface area contributed by atoms with Gasteiger partial charge in [0.25, 0.3) is 0 Å². The number of carbonyl (C=O) groups excluding carboxylic acids is 2. The first-order valence-electron chi connectivity index (χ1n) is 29.3. The zero-order chi connectivity index (χ0) is 46.5. The summed E-state index contributed by atoms with van der Waals surface area (Å²) in [5.74, 6) is -0.0260. The molecule has 0 aliphatic heterocycles. The number of hydrogen-bond acceptors (Lipinski definition) is 5. The van der Waals surface area contributed by atoms with Crippen LogP contribution in [0, 0.1) is 0 Å². The fraction of sp³-hybridized carbons (Fsp3) is 0.966. The number of rotatable bonds is 55. The number of nitrogens with one attached hydrogen (secondary N) is 1. The molecule has 0 fully saturated rings. The van der Waals surface area contributed by atoms with Crippen molar-refractivity contribution in [1.29, 1.82) is 0 Å². The first-order valence-corrected chi connectivity index (χ1v) is 29.3. The van der Waals surface area contributed by atoms with E-state index < -0.39 is 12.1 Å². The molecule has 0 aliphatic rings. The molecule has 0 spiro atoms. The Hall–Kier alpha value is -1.14. The number of aliphatic hydroxyl groups excluding tert-OH is 2. The van der Waals surface area contributed by atoms with Crippen LogP contribution >= 0.6 is 0 Å². The first-order chi connectivity index (χ1) is 31.5. The van der Waals surface area contributed by atoms with Gasteiger partial charge in [-0.05, 0) is 25.7 Å². The molecule has 382 valence electrons. The summed E-state index contributed by atoms with van der Waals surface area (Å²) in [6.45, 7) is 4.96. The predicted molar refractivity (Wildman–Crippen MR) is 278 cm³/mol. The van der Waals surface area contributed by atoms with Gasteiger partial charge in [0.15, 0.2) is 0 Å². The maximum absolute atomic E-state index is 12.4. The van der Waals surface area contributed by atoms with Gasteiger partial charge in [0.1, 0.15) is 0 Å². The van der Waals surface area contributed by atoms with E-state index in [9.17, 15) is 19.8 Å². The molecule has 0 aromatic carbocycles. The molecule has 0 aliphatic carbocycles. The third kappa shape index (κ3) is 50.3. The lowest BCUT2D eigenvalue weighted by molar-refractivity contribution is -0.143. The van der Waals surface area contributed by atoms with Gasteiger partial charge in [-0.25, -0.2) is 0 Å². The maximum atomic E-state index is 12.4. The first kappa shape index (κ1) is 62.9. The second-order valence-corrected chi connectivity index (χ2v) is 20.3. The van der Waals surface area contributed by atoms with Gasteiger partial charge >= 0.3 is 5.97 Å². The molecular formula is C58H115NO5. The van der Waals surface area contributed by atoms with Crippen molar-refractivity contribution in [3.8, 4) is 0 Å². The molecule has 0 heterocycles. The van der Waals surface area contributed by atoms with Gasteiger partial charge in [-0.3, -0.25) is 9.59 Å². The van der Waals surface area contributed by atoms with E-state index in [4.69, 9.17) is 4.74 Å². The molecule has 6 nitrogen and oxygen atoms in total. The molecule has 2 atom stereocenters. The molecular weight excluding hydrogens is 791 g/mol. The van der Waals surface area contributed by atoms with E-state index in [1.165, 1.54) is 263 Å². The summed E-state index contributed by atoms with van der Waals surface area (Å²) in [5, 5.41) is 23.1. The van der Waals surface area contributed by atoms with Crippen LogP contribution in [0.3, 0.4) is 0 Å². The third-order valence-electron chi connectivity index (χ3n) is 13.9. The van der Waals surface area contributed by atoms with Crippen LogP contribution in [-0.4, -0.2) is 47.4 Å². The minimum Gasteiger partial charge on any atom is -0.466 e. The predicted octanol–water partition coefficient (Wildman–Crippen LogP) is 17.9. The van der Waals surface area contributed by atoms with Crippen molar-refractivity contribution in [2.45, 2.75) is 347 Å². The minimum atomic E-state index is -0.664. The van der Waals surface area contributed by atoms with E-state index in [0.29, 0.717) is 25.9 Å². The lowest BCUT2D eigenvalue weighted by Crippen LogP contribution is -2.45. The zero-order valence-corrected chi connectivity index (χ0v) is 43.5. The summed E-state index contributed by atoms with van der Waals surface area (Å²) in [4.78, 5) is 24.5. The molecule has 0 rings (SSSR count). The number of carbonyl (C=O) groups is 2. The molecule has 64 heavy (non-hydrogen) atoms. The summed E-state index contributed by atoms with van der Waals surface area (Å²) in [6.07, 6.45) is 62.5. The van der Waals surface area contributed by atoms with Gasteiger partial charge in [-0.2, -0.15) is 0 Å². The third-order valence-corrected chi connectivity index (χ3v) is 13.9. The van der Waals surface area contributed by atoms with Crippen LogP contribution in [0.4, 0.5) is 0 Å². The van der Waals surface area contributed by atoms with Crippen LogP contribution in [0.5, 0.6) is 0 Å². The molecule has 6 heteroatoms. The van der Waals surface area contributed by atoms with Crippen LogP contribution in [0.15, 0.2) is 0 Å². The van der Waals surface area contributed by atoms with Crippen molar-refractivity contribution >= 4 is 11.9 Å². The summed E-state index contributed by atoms with van der Waals surface area (Å²) < 4.78 is 5.50. The number of amides is 1. The van der Waals surface area contributed by atoms with Crippen LogP contribution in [0.2, 0.25) is 0 Å². The zero-order valence-electron chi connectivity index (χ0n) is 43.5. The topological polar surface area (TPSA) is 95.9 Å². The number of unbranched alkanes of at least 4 members (excludes halogenated alkanes) is 44. The van der Waals surface area contributed by atoms with Crippen molar-refractivity contribution in [3.05, 3.63) is 0 Å². The highest BCUT2D eigenvalue weighted by molar-refractivity contribution is 5.76. The van der Waals surface area contributed by atoms with E-state index in [1.54, 1.807) is 0 Å². The van der Waals surface area contributed by atoms with Crippen LogP contribution < -0.4 is 5.32 Å². The molecule has 0 aromatic rings. The Kier molecular flexibility index (Phi) is 53.5. The standard InChI is InChI=1S/C58H115NO5/c1-3-5-7-9-11-13-15-16-17-18-19-23-26-29-32-36-40-44-48-52-58(63)64-53-49-45-41-37-33-30-27-24-21-20-22-25-28-31-35-39-43-47-51-57(62)59-55(54-60)56(61)50-46-42-38-34-14-12-10-8-6-4-2/h55-56,60-61H,3-54H2,1-2H3,(H,59,62). The van der Waals surface area contributed by atoms with Gasteiger partial charge in [-0.15, -0.1) is 0 Å². The molecule has 3 N–H and O–H groups in total. The van der Waals surface area contributed by atoms with Crippen LogP contribution in [-0.2, 0) is 14.3 Å². The number of hydrogen-bond donors (Lipinski definition) is 3. The second-order valence-electron chi connectivity index (χ2n) is 20.3. The van der Waals surface area contributed by atoms with Gasteiger partial charge in [0.2, 0.25) is 5.91 Å². The van der Waals surface area contributed by atoms with E-state index >= 15 is 0 Å². The largest absolute Gasteiger partial charge is 0.466 e. The van der Waals surface area contributed by atoms with E-state index in [2.05, 4.69) is 19.2 Å². The van der Waals surface area contributed by atoms with Crippen molar-refractivity contribution in [1.82, 2.24) is 5.32 Å². The molecule has 0 saturated heterocycles. The Bertz CT molecular complexity index is 913. The van der Waals surface area contributed by atoms with Crippen LogP contribution in [0.1, 0.15) is 335 Å². The minimum absolute atomic E-state index is 0.0128. The van der Waals surface area contributed by atoms with Crippen LogP contribution in [0.25, 0.3) is 0 Å². The lowest BCUT2D eigenvalue weighted by Gasteiger charge is -2.22. The van der Waals surface area contributed by atoms with E-state index in [-0.39, 0.29) is 18.5 Å². The highest BCUT2D eigenvalue weighted by Crippen LogP contribution is 2.18. The Morgan fingerprint density at radius 1 is 0.375 bits per heavy atom. The monoisotopic (exact) mass is 906 g/mol. The average Bonchev–Trinajstić information content (AvgIpc) is 3.29. The summed E-state index contributed by atoms with van der Waals surface area (Å²) >= 11 is 0. The van der Waals surface area contributed by atoms with Gasteiger partial charge < -0.3 is 20.3 Å². The number of ether oxygens (including phenoxy) is 1. The number of esters is 1. The molecule has 0 bridgehead atoms. The number of aliphatic hydroxyl groups is 2. The van der Waals surface area contributed by atoms with Gasteiger partial charge in [0.05, 0.1) is 25.4 Å². The van der Waals surface area contributed by atoms with E-state index in [0.717, 1.165) is 38.5 Å². The molecule has 0 radical (unpaired) electrons. The highest BCUT2D eigenvalue weighted by atomic mass is 16.5. The molecule has 1 amide bonds. The Balaban J connectivity index is 3.34. The summed E-state index contributed by atoms with van der Waals surface area (Å²) in [5.41, 5.74) is 0. The molecule has 0 aromatic heterocycles. The lowest BCUT2D eigenvalue weighted by atomic mass is 10.0. The maximum Gasteiger partial charge on any atom is 0.305 e. The quantitative estimate of drug-likeness (QED) is 0.0417. The summed E-state index contributed by atoms with van der Waals surface area (Å²) in [7, 11) is 0. The summed E-state index contributed by atoms with van der Waals surface area (Å²) in [6, 6.07) is -0.541. The van der Waals surface area contributed by atoms with E-state index in [1.807, 2.05) is 0 Å². The van der Waals surface area contributed by atoms with Crippen molar-refractivity contribution in [2.24, 2.45) is 0 Å². The Morgan fingerprint density at radius 3 is 0.953 bits per heavy atom. The fourth-order valence-electron chi connectivity index (χ4n) is 9.41.